The number of nitrogens with zero attached hydrogens (tertiary/aromatic N) is 2. The van der Waals surface area contributed by atoms with Gasteiger partial charge in [-0.05, 0) is 36.2 Å². The summed E-state index contributed by atoms with van der Waals surface area (Å²) in [5.74, 6) is 1.66. The molecule has 0 radical (unpaired) electrons. The van der Waals surface area contributed by atoms with Crippen LogP contribution >= 0.6 is 11.8 Å². The maximum atomic E-state index is 12.0. The van der Waals surface area contributed by atoms with Crippen LogP contribution in [0.4, 0.5) is 0 Å². The first-order valence-corrected chi connectivity index (χ1v) is 10.2. The fourth-order valence-electron chi connectivity index (χ4n) is 2.73. The van der Waals surface area contributed by atoms with Crippen molar-refractivity contribution in [1.29, 1.82) is 0 Å². The predicted molar refractivity (Wildman–Crippen MR) is 114 cm³/mol. The van der Waals surface area contributed by atoms with Crippen LogP contribution in [0, 0.1) is 0 Å². The first-order valence-electron chi connectivity index (χ1n) is 9.19. The number of benzene rings is 2. The van der Waals surface area contributed by atoms with E-state index in [0.717, 1.165) is 12.0 Å². The number of amides is 1. The highest BCUT2D eigenvalue weighted by atomic mass is 32.2. The van der Waals surface area contributed by atoms with Gasteiger partial charge < -0.3 is 14.8 Å². The number of carbonyl (C=O) groups excluding carboxylic acids is 1. The largest absolute Gasteiger partial charge is 0.497 e. The van der Waals surface area contributed by atoms with Crippen LogP contribution in [0.1, 0.15) is 5.56 Å². The molecule has 29 heavy (non-hydrogen) atoms. The van der Waals surface area contributed by atoms with Crippen molar-refractivity contribution in [2.24, 2.45) is 0 Å². The van der Waals surface area contributed by atoms with Crippen LogP contribution in [0.5, 0.6) is 11.5 Å². The number of methoxy groups -OCH3 is 2. The Balaban J connectivity index is 1.51. The van der Waals surface area contributed by atoms with Gasteiger partial charge in [0.1, 0.15) is 16.5 Å². The van der Waals surface area contributed by atoms with Crippen molar-refractivity contribution in [3.63, 3.8) is 0 Å². The first kappa shape index (κ1) is 20.7. The summed E-state index contributed by atoms with van der Waals surface area (Å²) in [5.41, 5.74) is 2.73. The summed E-state index contributed by atoms with van der Waals surface area (Å²) >= 11 is 1.36. The SMILES string of the molecule is COc1ccc(-c2ccc(SCC(=O)NCCc3ccccc3)nn2)c(OC)c1. The van der Waals surface area contributed by atoms with Gasteiger partial charge in [-0.2, -0.15) is 0 Å². The van der Waals surface area contributed by atoms with Crippen LogP contribution in [0.25, 0.3) is 11.3 Å². The second kappa shape index (κ2) is 10.5. The lowest BCUT2D eigenvalue weighted by Crippen LogP contribution is -2.27. The molecule has 0 aliphatic rings. The van der Waals surface area contributed by atoms with Crippen LogP contribution in [-0.2, 0) is 11.2 Å². The minimum Gasteiger partial charge on any atom is -0.497 e. The molecule has 0 saturated heterocycles. The van der Waals surface area contributed by atoms with Gasteiger partial charge in [-0.3, -0.25) is 4.79 Å². The number of carbonyl (C=O) groups is 1. The fourth-order valence-corrected chi connectivity index (χ4v) is 3.38. The molecule has 1 heterocycles. The van der Waals surface area contributed by atoms with Crippen molar-refractivity contribution in [1.82, 2.24) is 15.5 Å². The molecule has 0 bridgehead atoms. The molecule has 0 unspecified atom stereocenters. The molecule has 7 heteroatoms. The second-order valence-corrected chi connectivity index (χ2v) is 7.19. The zero-order valence-electron chi connectivity index (χ0n) is 16.4. The van der Waals surface area contributed by atoms with Crippen LogP contribution in [0.2, 0.25) is 0 Å². The number of thioether (sulfide) groups is 1. The number of hydrogen-bond donors (Lipinski definition) is 1. The highest BCUT2D eigenvalue weighted by Crippen LogP contribution is 2.32. The van der Waals surface area contributed by atoms with Crippen molar-refractivity contribution in [2.75, 3.05) is 26.5 Å². The molecule has 6 nitrogen and oxygen atoms in total. The Morgan fingerprint density at radius 1 is 1.00 bits per heavy atom. The molecule has 1 N–H and O–H groups in total. The van der Waals surface area contributed by atoms with Gasteiger partial charge in [0.25, 0.3) is 0 Å². The lowest BCUT2D eigenvalue weighted by Gasteiger charge is -2.10. The third-order valence-electron chi connectivity index (χ3n) is 4.25. The maximum Gasteiger partial charge on any atom is 0.230 e. The van der Waals surface area contributed by atoms with E-state index in [-0.39, 0.29) is 5.91 Å². The Hall–Kier alpha value is -3.06. The van der Waals surface area contributed by atoms with Crippen molar-refractivity contribution in [3.8, 4) is 22.8 Å². The minimum atomic E-state index is -0.0198. The molecule has 0 saturated carbocycles. The van der Waals surface area contributed by atoms with Crippen LogP contribution in [-0.4, -0.2) is 42.6 Å². The predicted octanol–water partition coefficient (Wildman–Crippen LogP) is 3.61. The summed E-state index contributed by atoms with van der Waals surface area (Å²) in [5, 5.41) is 12.1. The minimum absolute atomic E-state index is 0.0198. The van der Waals surface area contributed by atoms with Crippen molar-refractivity contribution in [3.05, 3.63) is 66.2 Å². The molecule has 0 atom stereocenters. The van der Waals surface area contributed by atoms with E-state index >= 15 is 0 Å². The third kappa shape index (κ3) is 5.96. The van der Waals surface area contributed by atoms with Gasteiger partial charge >= 0.3 is 0 Å². The molecule has 0 aliphatic heterocycles. The van der Waals surface area contributed by atoms with Crippen molar-refractivity contribution in [2.45, 2.75) is 11.4 Å². The zero-order valence-corrected chi connectivity index (χ0v) is 17.2. The Morgan fingerprint density at radius 2 is 1.83 bits per heavy atom. The summed E-state index contributed by atoms with van der Waals surface area (Å²) in [6, 6.07) is 19.3. The summed E-state index contributed by atoms with van der Waals surface area (Å²) < 4.78 is 10.6. The molecule has 0 fully saturated rings. The van der Waals surface area contributed by atoms with E-state index < -0.39 is 0 Å². The lowest BCUT2D eigenvalue weighted by molar-refractivity contribution is -0.118. The van der Waals surface area contributed by atoms with Gasteiger partial charge in [0.15, 0.2) is 0 Å². The number of hydrogen-bond acceptors (Lipinski definition) is 6. The van der Waals surface area contributed by atoms with E-state index in [1.165, 1.54) is 17.3 Å². The summed E-state index contributed by atoms with van der Waals surface area (Å²) in [7, 11) is 3.21. The summed E-state index contributed by atoms with van der Waals surface area (Å²) in [6.45, 7) is 0.616. The number of nitrogens with one attached hydrogen (secondary N) is 1. The normalized spacial score (nSPS) is 10.4. The monoisotopic (exact) mass is 409 g/mol. The summed E-state index contributed by atoms with van der Waals surface area (Å²) in [4.78, 5) is 12.0. The number of aromatic nitrogens is 2. The van der Waals surface area contributed by atoms with Crippen molar-refractivity contribution < 1.29 is 14.3 Å². The van der Waals surface area contributed by atoms with Crippen LogP contribution < -0.4 is 14.8 Å². The highest BCUT2D eigenvalue weighted by Gasteiger charge is 2.10. The van der Waals surface area contributed by atoms with Gasteiger partial charge in [-0.15, -0.1) is 10.2 Å². The second-order valence-electron chi connectivity index (χ2n) is 6.20. The molecule has 0 spiro atoms. The van der Waals surface area contributed by atoms with E-state index in [0.29, 0.717) is 34.5 Å². The lowest BCUT2D eigenvalue weighted by atomic mass is 10.1. The van der Waals surface area contributed by atoms with Crippen LogP contribution in [0.3, 0.4) is 0 Å². The smallest absolute Gasteiger partial charge is 0.230 e. The zero-order chi connectivity index (χ0) is 20.5. The Kier molecular flexibility index (Phi) is 7.47. The topological polar surface area (TPSA) is 73.3 Å². The van der Waals surface area contributed by atoms with Gasteiger partial charge in [0.05, 0.1) is 25.7 Å². The third-order valence-corrected chi connectivity index (χ3v) is 5.17. The van der Waals surface area contributed by atoms with E-state index in [2.05, 4.69) is 27.6 Å². The molecule has 1 amide bonds. The Labute approximate surface area is 174 Å². The van der Waals surface area contributed by atoms with Crippen LogP contribution in [0.15, 0.2) is 65.7 Å². The molecule has 3 rings (SSSR count). The van der Waals surface area contributed by atoms with Gasteiger partial charge in [-0.1, -0.05) is 42.1 Å². The molecule has 2 aromatic carbocycles. The quantitative estimate of drug-likeness (QED) is 0.544. The Morgan fingerprint density at radius 3 is 2.52 bits per heavy atom. The van der Waals surface area contributed by atoms with E-state index in [1.54, 1.807) is 20.3 Å². The first-order chi connectivity index (χ1) is 14.2. The van der Waals surface area contributed by atoms with Gasteiger partial charge in [0.2, 0.25) is 5.91 Å². The van der Waals surface area contributed by atoms with Gasteiger partial charge in [-0.25, -0.2) is 0 Å². The average molecular weight is 410 g/mol. The standard InChI is InChI=1S/C22H23N3O3S/c1-27-17-8-9-18(20(14-17)28-2)19-10-11-22(25-24-19)29-15-21(26)23-13-12-16-6-4-3-5-7-16/h3-11,14H,12-13,15H2,1-2H3,(H,23,26). The Bertz CT molecular complexity index is 934. The summed E-state index contributed by atoms with van der Waals surface area (Å²) in [6.07, 6.45) is 0.815. The van der Waals surface area contributed by atoms with E-state index in [1.807, 2.05) is 42.5 Å². The maximum absolute atomic E-state index is 12.0. The highest BCUT2D eigenvalue weighted by molar-refractivity contribution is 7.99. The fraction of sp³-hybridized carbons (Fsp3) is 0.227. The molecular weight excluding hydrogens is 386 g/mol. The molecule has 0 aliphatic carbocycles. The van der Waals surface area contributed by atoms with E-state index in [9.17, 15) is 4.79 Å². The molecule has 150 valence electrons. The van der Waals surface area contributed by atoms with Gasteiger partial charge in [0, 0.05) is 18.2 Å². The molecular formula is C22H23N3O3S. The number of rotatable bonds is 9. The molecule has 1 aromatic heterocycles. The average Bonchev–Trinajstić information content (AvgIpc) is 2.78. The number of ether oxygens (including phenoxy) is 2. The van der Waals surface area contributed by atoms with Crippen molar-refractivity contribution >= 4 is 17.7 Å². The molecule has 3 aromatic rings. The van der Waals surface area contributed by atoms with E-state index in [4.69, 9.17) is 9.47 Å².